The number of hydrogen-bond acceptors (Lipinski definition) is 4. The largest absolute Gasteiger partial charge is 0.324 e. The summed E-state index contributed by atoms with van der Waals surface area (Å²) in [7, 11) is -4.06. The fourth-order valence-electron chi connectivity index (χ4n) is 3.23. The second-order valence-corrected chi connectivity index (χ2v) is 9.50. The third-order valence-corrected chi connectivity index (χ3v) is 6.24. The van der Waals surface area contributed by atoms with E-state index in [1.54, 1.807) is 30.3 Å². The lowest BCUT2D eigenvalue weighted by molar-refractivity contribution is -0.116. The average Bonchev–Trinajstić information content (AvgIpc) is 2.76. The zero-order valence-corrected chi connectivity index (χ0v) is 19.1. The van der Waals surface area contributed by atoms with E-state index in [1.807, 2.05) is 0 Å². The first-order valence-electron chi connectivity index (χ1n) is 9.63. The Morgan fingerprint density at radius 2 is 1.64 bits per heavy atom. The Bertz CT molecular complexity index is 1320. The third-order valence-electron chi connectivity index (χ3n) is 4.77. The molecule has 0 saturated heterocycles. The second-order valence-electron chi connectivity index (χ2n) is 7.21. The smallest absolute Gasteiger partial charge is 0.248 e. The maximum absolute atomic E-state index is 13.7. The van der Waals surface area contributed by atoms with Gasteiger partial charge < -0.3 is 5.32 Å². The summed E-state index contributed by atoms with van der Waals surface area (Å²) in [6, 6.07) is 13.7. The summed E-state index contributed by atoms with van der Waals surface area (Å²) in [6.07, 6.45) is 0.838. The molecular formula is C23H19ClF2N2O4S. The van der Waals surface area contributed by atoms with Crippen molar-refractivity contribution in [1.82, 2.24) is 0 Å². The van der Waals surface area contributed by atoms with Gasteiger partial charge in [-0.1, -0.05) is 41.9 Å². The Balaban J connectivity index is 1.95. The number of halogens is 3. The Kier molecular flexibility index (Phi) is 7.14. The van der Waals surface area contributed by atoms with E-state index in [2.05, 4.69) is 5.32 Å². The Labute approximate surface area is 194 Å². The third kappa shape index (κ3) is 5.55. The molecular weight excluding hydrogens is 474 g/mol. The van der Waals surface area contributed by atoms with Crippen molar-refractivity contribution in [3.8, 4) is 0 Å². The molecule has 6 nitrogen and oxygen atoms in total. The number of nitrogens with one attached hydrogen (secondary N) is 1. The molecule has 33 heavy (non-hydrogen) atoms. The van der Waals surface area contributed by atoms with Crippen LogP contribution in [0.25, 0.3) is 0 Å². The minimum atomic E-state index is -4.06. The van der Waals surface area contributed by atoms with Crippen LogP contribution in [0.1, 0.15) is 22.8 Å². The van der Waals surface area contributed by atoms with Gasteiger partial charge >= 0.3 is 0 Å². The molecule has 0 aliphatic rings. The molecule has 1 N–H and O–H groups in total. The normalized spacial score (nSPS) is 12.2. The van der Waals surface area contributed by atoms with Gasteiger partial charge in [-0.05, 0) is 37.3 Å². The van der Waals surface area contributed by atoms with Crippen molar-refractivity contribution in [3.63, 3.8) is 0 Å². The fourth-order valence-corrected chi connectivity index (χ4v) is 4.57. The van der Waals surface area contributed by atoms with Crippen molar-refractivity contribution in [1.29, 1.82) is 0 Å². The van der Waals surface area contributed by atoms with Crippen LogP contribution in [0, 0.1) is 11.6 Å². The first-order valence-corrected chi connectivity index (χ1v) is 11.9. The van der Waals surface area contributed by atoms with Crippen LogP contribution in [0.2, 0.25) is 5.02 Å². The van der Waals surface area contributed by atoms with Gasteiger partial charge in [-0.15, -0.1) is 0 Å². The molecule has 1 atom stereocenters. The van der Waals surface area contributed by atoms with Gasteiger partial charge in [-0.2, -0.15) is 0 Å². The highest BCUT2D eigenvalue weighted by Gasteiger charge is 2.30. The molecule has 0 spiro atoms. The van der Waals surface area contributed by atoms with Gasteiger partial charge in [0, 0.05) is 22.2 Å². The number of nitrogens with zero attached hydrogens (tertiary/aromatic N) is 1. The van der Waals surface area contributed by atoms with Gasteiger partial charge in [0.1, 0.15) is 6.04 Å². The molecule has 0 radical (unpaired) electrons. The first kappa shape index (κ1) is 24.3. The monoisotopic (exact) mass is 492 g/mol. The number of carbonyl (C=O) groups is 2. The topological polar surface area (TPSA) is 83.6 Å². The highest BCUT2D eigenvalue weighted by Crippen LogP contribution is 2.26. The predicted molar refractivity (Wildman–Crippen MR) is 123 cm³/mol. The van der Waals surface area contributed by atoms with E-state index in [0.717, 1.165) is 18.4 Å². The van der Waals surface area contributed by atoms with Crippen LogP contribution in [-0.2, 0) is 14.8 Å². The minimum Gasteiger partial charge on any atom is -0.324 e. The van der Waals surface area contributed by atoms with E-state index >= 15 is 0 Å². The van der Waals surface area contributed by atoms with Crippen molar-refractivity contribution in [2.75, 3.05) is 15.9 Å². The van der Waals surface area contributed by atoms with Crippen molar-refractivity contribution in [2.24, 2.45) is 0 Å². The lowest BCUT2D eigenvalue weighted by atomic mass is 10.0. The number of hydrogen-bond donors (Lipinski definition) is 1. The molecule has 1 amide bonds. The summed E-state index contributed by atoms with van der Waals surface area (Å²) in [5, 5.41) is 2.81. The summed E-state index contributed by atoms with van der Waals surface area (Å²) in [6.45, 7) is 1.28. The molecule has 0 fully saturated rings. The molecule has 0 saturated carbocycles. The van der Waals surface area contributed by atoms with Crippen molar-refractivity contribution in [3.05, 3.63) is 94.5 Å². The summed E-state index contributed by atoms with van der Waals surface area (Å²) in [4.78, 5) is 26.0. The molecule has 0 aliphatic carbocycles. The van der Waals surface area contributed by atoms with Crippen molar-refractivity contribution in [2.45, 2.75) is 13.0 Å². The SMILES string of the molecule is C[C@@H](C(=O)Nc1ccc(Cl)cc1C(=O)c1ccccc1)N(c1ccc(F)c(F)c1)S(C)(=O)=O. The van der Waals surface area contributed by atoms with E-state index in [9.17, 15) is 26.8 Å². The molecule has 3 rings (SSSR count). The molecule has 10 heteroatoms. The van der Waals surface area contributed by atoms with Crippen LogP contribution in [0.5, 0.6) is 0 Å². The molecule has 0 bridgehead atoms. The average molecular weight is 493 g/mol. The van der Waals surface area contributed by atoms with Crippen LogP contribution >= 0.6 is 11.6 Å². The fraction of sp³-hybridized carbons (Fsp3) is 0.130. The number of ketones is 1. The molecule has 172 valence electrons. The van der Waals surface area contributed by atoms with E-state index in [-0.39, 0.29) is 22.0 Å². The van der Waals surface area contributed by atoms with Crippen LogP contribution in [0.15, 0.2) is 66.7 Å². The van der Waals surface area contributed by atoms with E-state index in [1.165, 1.54) is 25.1 Å². The number of anilines is 2. The van der Waals surface area contributed by atoms with E-state index in [4.69, 9.17) is 11.6 Å². The van der Waals surface area contributed by atoms with Crippen LogP contribution in [0.4, 0.5) is 20.2 Å². The maximum atomic E-state index is 13.7. The highest BCUT2D eigenvalue weighted by atomic mass is 35.5. The second kappa shape index (κ2) is 9.68. The van der Waals surface area contributed by atoms with Crippen LogP contribution in [0.3, 0.4) is 0 Å². The van der Waals surface area contributed by atoms with Crippen molar-refractivity contribution < 1.29 is 26.8 Å². The van der Waals surface area contributed by atoms with Gasteiger partial charge in [0.25, 0.3) is 0 Å². The van der Waals surface area contributed by atoms with Gasteiger partial charge in [0.05, 0.1) is 17.6 Å². The molecule has 0 aromatic heterocycles. The number of benzene rings is 3. The van der Waals surface area contributed by atoms with Crippen LogP contribution in [-0.4, -0.2) is 32.4 Å². The Hall–Kier alpha value is -3.30. The lowest BCUT2D eigenvalue weighted by Gasteiger charge is -2.28. The number of carbonyl (C=O) groups excluding carboxylic acids is 2. The lowest BCUT2D eigenvalue weighted by Crippen LogP contribution is -2.45. The van der Waals surface area contributed by atoms with Gasteiger partial charge in [-0.3, -0.25) is 13.9 Å². The first-order chi connectivity index (χ1) is 15.5. The van der Waals surface area contributed by atoms with E-state index in [0.29, 0.717) is 15.9 Å². The standard InChI is InChI=1S/C23H19ClF2N2O4S/c1-14(28(33(2,31)32)17-9-10-19(25)20(26)13-17)23(30)27-21-11-8-16(24)12-18(21)22(29)15-6-4-3-5-7-15/h3-14H,1-2H3,(H,27,30)/t14-/m0/s1. The molecule has 0 aliphatic heterocycles. The highest BCUT2D eigenvalue weighted by molar-refractivity contribution is 7.92. The molecule has 0 unspecified atom stereocenters. The summed E-state index contributed by atoms with van der Waals surface area (Å²) in [5.41, 5.74) is 0.357. The van der Waals surface area contributed by atoms with Gasteiger partial charge in [0.15, 0.2) is 17.4 Å². The number of sulfonamides is 1. The zero-order chi connectivity index (χ0) is 24.3. The Morgan fingerprint density at radius 3 is 2.24 bits per heavy atom. The predicted octanol–water partition coefficient (Wildman–Crippen LogP) is 4.64. The van der Waals surface area contributed by atoms with E-state index < -0.39 is 39.4 Å². The van der Waals surface area contributed by atoms with Crippen molar-refractivity contribution >= 4 is 44.7 Å². The summed E-state index contributed by atoms with van der Waals surface area (Å²) in [5.74, 6) is -3.62. The Morgan fingerprint density at radius 1 is 0.970 bits per heavy atom. The van der Waals surface area contributed by atoms with Gasteiger partial charge in [0.2, 0.25) is 15.9 Å². The summed E-state index contributed by atoms with van der Waals surface area (Å²) < 4.78 is 52.5. The molecule has 3 aromatic carbocycles. The summed E-state index contributed by atoms with van der Waals surface area (Å²) >= 11 is 6.05. The van der Waals surface area contributed by atoms with Crippen LogP contribution < -0.4 is 9.62 Å². The molecule has 3 aromatic rings. The number of rotatable bonds is 7. The zero-order valence-electron chi connectivity index (χ0n) is 17.6. The number of amides is 1. The molecule has 0 heterocycles. The maximum Gasteiger partial charge on any atom is 0.248 e. The minimum absolute atomic E-state index is 0.105. The van der Waals surface area contributed by atoms with Gasteiger partial charge in [-0.25, -0.2) is 17.2 Å². The quantitative estimate of drug-likeness (QED) is 0.487.